The summed E-state index contributed by atoms with van der Waals surface area (Å²) in [5.74, 6) is -3.19. The molecule has 0 aromatic heterocycles. The lowest BCUT2D eigenvalue weighted by Gasteiger charge is -2.20. The van der Waals surface area contributed by atoms with Gasteiger partial charge in [-0.1, -0.05) is 12.1 Å². The van der Waals surface area contributed by atoms with E-state index in [1.807, 2.05) is 0 Å². The van der Waals surface area contributed by atoms with Crippen LogP contribution in [0.3, 0.4) is 0 Å². The van der Waals surface area contributed by atoms with E-state index >= 15 is 0 Å². The lowest BCUT2D eigenvalue weighted by molar-refractivity contribution is -0.221. The lowest BCUT2D eigenvalue weighted by atomic mass is 10.1. The molecule has 0 spiro atoms. The first kappa shape index (κ1) is 18.5. The Balaban J connectivity index is 3.04. The van der Waals surface area contributed by atoms with Crippen molar-refractivity contribution in [3.63, 3.8) is 0 Å². The van der Waals surface area contributed by atoms with E-state index in [0.29, 0.717) is 24.3 Å². The van der Waals surface area contributed by atoms with Gasteiger partial charge in [-0.2, -0.15) is 26.3 Å². The summed E-state index contributed by atoms with van der Waals surface area (Å²) in [6, 6.07) is 1.87. The van der Waals surface area contributed by atoms with Crippen LogP contribution in [0.25, 0.3) is 0 Å². The van der Waals surface area contributed by atoms with E-state index < -0.39 is 41.5 Å². The Morgan fingerprint density at radius 2 is 1.52 bits per heavy atom. The molecule has 1 aromatic rings. The maximum Gasteiger partial charge on any atom is 0.429 e. The first-order valence-corrected chi connectivity index (χ1v) is 5.76. The van der Waals surface area contributed by atoms with E-state index in [4.69, 9.17) is 5.11 Å². The number of carboxylic acid groups (broad SMARTS) is 1. The molecule has 10 heteroatoms. The molecule has 1 atom stereocenters. The number of hydrogen-bond acceptors (Lipinski definition) is 3. The molecule has 1 rings (SSSR count). The molecule has 0 bridgehead atoms. The van der Waals surface area contributed by atoms with Crippen molar-refractivity contribution in [3.8, 4) is 0 Å². The number of hydrogen-bond donors (Lipinski definition) is 1. The topological polar surface area (TPSA) is 63.6 Å². The minimum atomic E-state index is -5.09. The number of ether oxygens (including phenoxy) is 1. The highest BCUT2D eigenvalue weighted by molar-refractivity contribution is 5.90. The van der Waals surface area contributed by atoms with Gasteiger partial charge in [0.1, 0.15) is 0 Å². The molecule has 0 saturated heterocycles. The van der Waals surface area contributed by atoms with Gasteiger partial charge < -0.3 is 9.84 Å². The van der Waals surface area contributed by atoms with Crippen molar-refractivity contribution < 1.29 is 45.8 Å². The van der Waals surface area contributed by atoms with Crippen LogP contribution in [0.4, 0.5) is 26.3 Å². The zero-order chi connectivity index (χ0) is 17.8. The van der Waals surface area contributed by atoms with Crippen LogP contribution in [0.5, 0.6) is 0 Å². The zero-order valence-corrected chi connectivity index (χ0v) is 11.0. The van der Waals surface area contributed by atoms with E-state index in [9.17, 15) is 35.9 Å². The van der Waals surface area contributed by atoms with Crippen LogP contribution in [0.1, 0.15) is 17.2 Å². The molecule has 0 radical (unpaired) electrons. The summed E-state index contributed by atoms with van der Waals surface area (Å²) in [6.45, 7) is 0. The normalized spacial score (nSPS) is 13.8. The molecule has 1 N–H and O–H groups in total. The highest BCUT2D eigenvalue weighted by atomic mass is 19.4. The highest BCUT2D eigenvalue weighted by Crippen LogP contribution is 2.37. The van der Waals surface area contributed by atoms with Gasteiger partial charge in [-0.3, -0.25) is 0 Å². The second-order valence-electron chi connectivity index (χ2n) is 4.15. The van der Waals surface area contributed by atoms with Crippen LogP contribution in [0.2, 0.25) is 0 Å². The number of carboxylic acids is 1. The fourth-order valence-electron chi connectivity index (χ4n) is 1.47. The van der Waals surface area contributed by atoms with Crippen LogP contribution >= 0.6 is 0 Å². The quantitative estimate of drug-likeness (QED) is 0.517. The van der Waals surface area contributed by atoms with Crippen molar-refractivity contribution >= 4 is 11.9 Å². The molecule has 23 heavy (non-hydrogen) atoms. The summed E-state index contributed by atoms with van der Waals surface area (Å²) in [5, 5.41) is 8.26. The van der Waals surface area contributed by atoms with Gasteiger partial charge in [0.05, 0.1) is 5.56 Å². The highest BCUT2D eigenvalue weighted by Gasteiger charge is 2.44. The molecule has 0 aliphatic heterocycles. The van der Waals surface area contributed by atoms with Gasteiger partial charge in [-0.05, 0) is 12.1 Å². The van der Waals surface area contributed by atoms with Crippen LogP contribution in [-0.2, 0) is 20.5 Å². The predicted octanol–water partition coefficient (Wildman–Crippen LogP) is 3.49. The van der Waals surface area contributed by atoms with Crippen molar-refractivity contribution in [2.45, 2.75) is 18.5 Å². The number of esters is 1. The molecule has 0 aliphatic rings. The van der Waals surface area contributed by atoms with Gasteiger partial charge in [-0.15, -0.1) is 0 Å². The van der Waals surface area contributed by atoms with E-state index in [1.54, 1.807) is 0 Å². The van der Waals surface area contributed by atoms with E-state index in [-0.39, 0.29) is 12.2 Å². The van der Waals surface area contributed by atoms with Crippen molar-refractivity contribution in [2.24, 2.45) is 0 Å². The van der Waals surface area contributed by atoms with Crippen LogP contribution in [0, 0.1) is 0 Å². The first-order valence-electron chi connectivity index (χ1n) is 5.76. The van der Waals surface area contributed by atoms with Crippen LogP contribution in [0.15, 0.2) is 36.4 Å². The second-order valence-corrected chi connectivity index (χ2v) is 4.15. The maximum absolute atomic E-state index is 12.9. The Bertz CT molecular complexity index is 600. The van der Waals surface area contributed by atoms with Gasteiger partial charge in [0.15, 0.2) is 0 Å². The predicted molar refractivity (Wildman–Crippen MR) is 63.1 cm³/mol. The van der Waals surface area contributed by atoms with Gasteiger partial charge in [0.2, 0.25) is 6.10 Å². The summed E-state index contributed by atoms with van der Waals surface area (Å²) < 4.78 is 79.8. The number of benzene rings is 1. The molecule has 0 saturated carbocycles. The van der Waals surface area contributed by atoms with Gasteiger partial charge >= 0.3 is 24.3 Å². The first-order chi connectivity index (χ1) is 10.4. The fraction of sp³-hybridized carbons (Fsp3) is 0.231. The number of rotatable bonds is 4. The minimum Gasteiger partial charge on any atom is -0.478 e. The van der Waals surface area contributed by atoms with Crippen molar-refractivity contribution in [1.29, 1.82) is 0 Å². The third kappa shape index (κ3) is 5.64. The number of carbonyl (C=O) groups excluding carboxylic acids is 1. The zero-order valence-electron chi connectivity index (χ0n) is 11.0. The summed E-state index contributed by atoms with van der Waals surface area (Å²) in [4.78, 5) is 21.3. The molecule has 126 valence electrons. The molecule has 1 aromatic carbocycles. The molecule has 0 fully saturated rings. The van der Waals surface area contributed by atoms with Crippen LogP contribution < -0.4 is 0 Å². The minimum absolute atomic E-state index is 0.255. The molecule has 4 nitrogen and oxygen atoms in total. The standard InChI is InChI=1S/C13H8F6O4/c14-12(15,16)8-3-1-7(2-4-8)11(13(17,18)19)23-10(22)6-5-9(20)21/h1-6,11H,(H,20,21)/b6-5+/t11-/m0/s1. The third-order valence-corrected chi connectivity index (χ3v) is 2.43. The molecular formula is C13H8F6O4. The largest absolute Gasteiger partial charge is 0.478 e. The molecule has 0 aliphatic carbocycles. The van der Waals surface area contributed by atoms with Crippen LogP contribution in [-0.4, -0.2) is 23.2 Å². The number of halogens is 6. The Kier molecular flexibility index (Phi) is 5.41. The average Bonchev–Trinajstić information content (AvgIpc) is 2.40. The Morgan fingerprint density at radius 3 is 1.91 bits per heavy atom. The SMILES string of the molecule is O=C(O)/C=C/C(=O)O[C@@H](c1ccc(C(F)(F)F)cc1)C(F)(F)F. The summed E-state index contributed by atoms with van der Waals surface area (Å²) in [7, 11) is 0. The average molecular weight is 342 g/mol. The fourth-order valence-corrected chi connectivity index (χ4v) is 1.47. The Hall–Kier alpha value is -2.52. The van der Waals surface area contributed by atoms with E-state index in [2.05, 4.69) is 4.74 Å². The van der Waals surface area contributed by atoms with Gasteiger partial charge in [0.25, 0.3) is 0 Å². The summed E-state index contributed by atoms with van der Waals surface area (Å²) in [6.07, 6.45) is -12.1. The summed E-state index contributed by atoms with van der Waals surface area (Å²) in [5.41, 5.74) is -1.90. The van der Waals surface area contributed by atoms with E-state index in [0.717, 1.165) is 0 Å². The molecule has 0 heterocycles. The monoisotopic (exact) mass is 342 g/mol. The lowest BCUT2D eigenvalue weighted by Crippen LogP contribution is -2.25. The third-order valence-electron chi connectivity index (χ3n) is 2.43. The second kappa shape index (κ2) is 6.71. The Morgan fingerprint density at radius 1 is 1.00 bits per heavy atom. The van der Waals surface area contributed by atoms with Gasteiger partial charge in [-0.25, -0.2) is 9.59 Å². The van der Waals surface area contributed by atoms with Gasteiger partial charge in [0, 0.05) is 17.7 Å². The Labute approximate surface area is 125 Å². The number of carbonyl (C=O) groups is 2. The number of alkyl halides is 6. The van der Waals surface area contributed by atoms with Crippen molar-refractivity contribution in [2.75, 3.05) is 0 Å². The maximum atomic E-state index is 12.9. The summed E-state index contributed by atoms with van der Waals surface area (Å²) >= 11 is 0. The molecule has 0 unspecified atom stereocenters. The van der Waals surface area contributed by atoms with Crippen molar-refractivity contribution in [3.05, 3.63) is 47.5 Å². The number of aliphatic carboxylic acids is 1. The van der Waals surface area contributed by atoms with E-state index in [1.165, 1.54) is 0 Å². The molecule has 0 amide bonds. The smallest absolute Gasteiger partial charge is 0.429 e. The van der Waals surface area contributed by atoms with Crippen molar-refractivity contribution in [1.82, 2.24) is 0 Å². The molecular weight excluding hydrogens is 334 g/mol.